The average molecular weight is 379 g/mol. The molecular formula is C17H38O3SSi2. The standard InChI is InChI=1S/C17H38O3SSi2/c1-16(2,3)22(8,9)19-14(12-13-21-7)15(18)20-23(10,11)17(4,5)6/h14H,12-13H2,1-11H3. The molecule has 138 valence electrons. The minimum Gasteiger partial charge on any atom is -0.517 e. The molecule has 3 nitrogen and oxygen atoms in total. The van der Waals surface area contributed by atoms with Gasteiger partial charge in [0.05, 0.1) is 0 Å². The number of thioether (sulfide) groups is 1. The number of rotatable bonds is 7. The first-order chi connectivity index (χ1) is 10.0. The Morgan fingerprint density at radius 2 is 1.39 bits per heavy atom. The molecule has 0 bridgehead atoms. The van der Waals surface area contributed by atoms with Crippen molar-refractivity contribution < 1.29 is 13.6 Å². The molecule has 6 heteroatoms. The monoisotopic (exact) mass is 378 g/mol. The predicted molar refractivity (Wildman–Crippen MR) is 108 cm³/mol. The Hall–Kier alpha value is 0.214. The van der Waals surface area contributed by atoms with E-state index in [4.69, 9.17) is 8.85 Å². The van der Waals surface area contributed by atoms with Gasteiger partial charge in [0.25, 0.3) is 8.32 Å². The quantitative estimate of drug-likeness (QED) is 0.534. The van der Waals surface area contributed by atoms with Gasteiger partial charge in [-0.15, -0.1) is 0 Å². The molecule has 0 radical (unpaired) electrons. The minimum absolute atomic E-state index is 0.0175. The summed E-state index contributed by atoms with van der Waals surface area (Å²) < 4.78 is 12.4. The maximum absolute atomic E-state index is 12.8. The Balaban J connectivity index is 5.22. The Kier molecular flexibility index (Phi) is 8.14. The summed E-state index contributed by atoms with van der Waals surface area (Å²) in [7, 11) is -4.11. The molecule has 0 spiro atoms. The van der Waals surface area contributed by atoms with Crippen molar-refractivity contribution in [2.45, 2.75) is 90.3 Å². The summed E-state index contributed by atoms with van der Waals surface area (Å²) in [6.07, 6.45) is 2.35. The third-order valence-corrected chi connectivity index (χ3v) is 14.7. The number of carbonyl (C=O) groups excluding carboxylic acids is 1. The summed E-state index contributed by atoms with van der Waals surface area (Å²) in [6, 6.07) is 0. The Bertz CT molecular complexity index is 396. The zero-order valence-corrected chi connectivity index (χ0v) is 19.9. The van der Waals surface area contributed by atoms with Crippen molar-refractivity contribution in [1.29, 1.82) is 0 Å². The first-order valence-electron chi connectivity index (χ1n) is 8.45. The van der Waals surface area contributed by atoms with Crippen molar-refractivity contribution in [3.05, 3.63) is 0 Å². The largest absolute Gasteiger partial charge is 0.517 e. The normalized spacial score (nSPS) is 15.4. The topological polar surface area (TPSA) is 35.5 Å². The van der Waals surface area contributed by atoms with Crippen molar-refractivity contribution in [2.75, 3.05) is 12.0 Å². The van der Waals surface area contributed by atoms with Crippen LogP contribution in [0.15, 0.2) is 0 Å². The van der Waals surface area contributed by atoms with E-state index < -0.39 is 22.7 Å². The van der Waals surface area contributed by atoms with Crippen molar-refractivity contribution in [2.24, 2.45) is 0 Å². The van der Waals surface area contributed by atoms with Gasteiger partial charge in [-0.05, 0) is 54.7 Å². The summed E-state index contributed by atoms with van der Waals surface area (Å²) in [4.78, 5) is 12.8. The fraction of sp³-hybridized carbons (Fsp3) is 0.941. The average Bonchev–Trinajstić information content (AvgIpc) is 2.30. The van der Waals surface area contributed by atoms with E-state index in [1.54, 1.807) is 11.8 Å². The molecule has 0 fully saturated rings. The summed E-state index contributed by atoms with van der Waals surface area (Å²) >= 11 is 1.74. The van der Waals surface area contributed by atoms with Crippen LogP contribution in [-0.2, 0) is 13.6 Å². The van der Waals surface area contributed by atoms with Gasteiger partial charge in [0, 0.05) is 0 Å². The van der Waals surface area contributed by atoms with Crippen LogP contribution in [0.4, 0.5) is 0 Å². The van der Waals surface area contributed by atoms with Crippen LogP contribution in [-0.4, -0.2) is 40.7 Å². The van der Waals surface area contributed by atoms with E-state index >= 15 is 0 Å². The molecule has 0 aromatic carbocycles. The van der Waals surface area contributed by atoms with E-state index in [9.17, 15) is 4.79 Å². The fourth-order valence-electron chi connectivity index (χ4n) is 1.45. The summed E-state index contributed by atoms with van der Waals surface area (Å²) in [5, 5.41) is 0.103. The molecular weight excluding hydrogens is 340 g/mol. The van der Waals surface area contributed by atoms with Crippen LogP contribution in [0.1, 0.15) is 48.0 Å². The van der Waals surface area contributed by atoms with E-state index in [1.165, 1.54) is 0 Å². The molecule has 1 atom stereocenters. The van der Waals surface area contributed by atoms with Gasteiger partial charge in [0.2, 0.25) is 0 Å². The Morgan fingerprint density at radius 1 is 0.957 bits per heavy atom. The van der Waals surface area contributed by atoms with Gasteiger partial charge in [0.15, 0.2) is 8.32 Å². The predicted octanol–water partition coefficient (Wildman–Crippen LogP) is 5.68. The highest BCUT2D eigenvalue weighted by atomic mass is 32.2. The molecule has 0 rings (SSSR count). The lowest BCUT2D eigenvalue weighted by Crippen LogP contribution is -2.50. The number of hydrogen-bond acceptors (Lipinski definition) is 4. The van der Waals surface area contributed by atoms with Crippen LogP contribution in [0.25, 0.3) is 0 Å². The molecule has 0 saturated heterocycles. The van der Waals surface area contributed by atoms with Crippen molar-refractivity contribution in [1.82, 2.24) is 0 Å². The van der Waals surface area contributed by atoms with Gasteiger partial charge in [0.1, 0.15) is 6.10 Å². The highest BCUT2D eigenvalue weighted by molar-refractivity contribution is 7.98. The lowest BCUT2D eigenvalue weighted by Gasteiger charge is -2.40. The SMILES string of the molecule is CSCCC(O[Si](C)(C)C(C)(C)C)C(=O)O[Si](C)(C)C(C)(C)C. The van der Waals surface area contributed by atoms with E-state index in [0.717, 1.165) is 12.2 Å². The van der Waals surface area contributed by atoms with Gasteiger partial charge < -0.3 is 8.85 Å². The molecule has 0 amide bonds. The van der Waals surface area contributed by atoms with Crippen LogP contribution in [0, 0.1) is 0 Å². The summed E-state index contributed by atoms with van der Waals surface area (Å²) in [5.74, 6) is 0.752. The van der Waals surface area contributed by atoms with Crippen molar-refractivity contribution in [3.8, 4) is 0 Å². The summed E-state index contributed by atoms with van der Waals surface area (Å²) in [6.45, 7) is 21.7. The van der Waals surface area contributed by atoms with Gasteiger partial charge in [-0.25, -0.2) is 0 Å². The second-order valence-electron chi connectivity index (χ2n) is 9.33. The molecule has 0 aliphatic heterocycles. The molecule has 0 saturated carbocycles. The third-order valence-electron chi connectivity index (χ3n) is 5.25. The summed E-state index contributed by atoms with van der Waals surface area (Å²) in [5.41, 5.74) is 0. The molecule has 1 unspecified atom stereocenters. The van der Waals surface area contributed by atoms with E-state index in [2.05, 4.69) is 74.0 Å². The van der Waals surface area contributed by atoms with Gasteiger partial charge in [-0.2, -0.15) is 11.8 Å². The molecule has 0 aromatic rings. The van der Waals surface area contributed by atoms with Crippen molar-refractivity contribution >= 4 is 34.4 Å². The second kappa shape index (κ2) is 8.06. The van der Waals surface area contributed by atoms with Crippen LogP contribution in [0.3, 0.4) is 0 Å². The smallest absolute Gasteiger partial charge is 0.320 e. The van der Waals surface area contributed by atoms with Crippen LogP contribution in [0.2, 0.25) is 36.3 Å². The van der Waals surface area contributed by atoms with Gasteiger partial charge >= 0.3 is 5.97 Å². The van der Waals surface area contributed by atoms with E-state index in [1.807, 2.05) is 0 Å². The molecule has 0 aliphatic rings. The molecule has 0 aliphatic carbocycles. The first kappa shape index (κ1) is 23.2. The van der Waals surface area contributed by atoms with Crippen LogP contribution >= 0.6 is 11.8 Å². The second-order valence-corrected chi connectivity index (χ2v) is 19.8. The zero-order chi connectivity index (χ0) is 18.7. The zero-order valence-electron chi connectivity index (χ0n) is 17.1. The number of hydrogen-bond donors (Lipinski definition) is 0. The lowest BCUT2D eigenvalue weighted by molar-refractivity contribution is -0.144. The van der Waals surface area contributed by atoms with E-state index in [0.29, 0.717) is 0 Å². The number of carbonyl (C=O) groups is 1. The minimum atomic E-state index is -2.11. The molecule has 23 heavy (non-hydrogen) atoms. The van der Waals surface area contributed by atoms with Crippen LogP contribution in [0.5, 0.6) is 0 Å². The molecule has 0 heterocycles. The highest BCUT2D eigenvalue weighted by Gasteiger charge is 2.44. The fourth-order valence-corrected chi connectivity index (χ4v) is 4.12. The van der Waals surface area contributed by atoms with Gasteiger partial charge in [-0.1, -0.05) is 41.5 Å². The van der Waals surface area contributed by atoms with Crippen molar-refractivity contribution in [3.63, 3.8) is 0 Å². The maximum atomic E-state index is 12.8. The Morgan fingerprint density at radius 3 is 1.74 bits per heavy atom. The highest BCUT2D eigenvalue weighted by Crippen LogP contribution is 2.39. The first-order valence-corrected chi connectivity index (χ1v) is 15.7. The van der Waals surface area contributed by atoms with E-state index in [-0.39, 0.29) is 16.0 Å². The lowest BCUT2D eigenvalue weighted by atomic mass is 10.2. The Labute approximate surface area is 150 Å². The van der Waals surface area contributed by atoms with Crippen LogP contribution < -0.4 is 0 Å². The third kappa shape index (κ3) is 6.92. The molecule has 0 aromatic heterocycles. The molecule has 0 N–H and O–H groups in total. The van der Waals surface area contributed by atoms with Gasteiger partial charge in [-0.3, -0.25) is 4.79 Å². The maximum Gasteiger partial charge on any atom is 0.320 e.